The fourth-order valence-electron chi connectivity index (χ4n) is 1.54. The van der Waals surface area contributed by atoms with Crippen LogP contribution in [0.3, 0.4) is 0 Å². The average molecular weight is 192 g/mol. The van der Waals surface area contributed by atoms with Crippen LogP contribution in [0.1, 0.15) is 11.6 Å². The third kappa shape index (κ3) is 1.70. The lowest BCUT2D eigenvalue weighted by molar-refractivity contribution is -0.131. The minimum absolute atomic E-state index is 0.0931. The number of morpholine rings is 1. The van der Waals surface area contributed by atoms with Crippen LogP contribution in [0.4, 0.5) is 5.69 Å². The lowest BCUT2D eigenvalue weighted by atomic mass is 10.0. The van der Waals surface area contributed by atoms with Crippen LogP contribution in [0, 0.1) is 0 Å². The normalized spacial score (nSPS) is 21.7. The smallest absolute Gasteiger partial charge is 0.246 e. The molecule has 0 unspecified atom stereocenters. The highest BCUT2D eigenvalue weighted by Gasteiger charge is 2.21. The summed E-state index contributed by atoms with van der Waals surface area (Å²) < 4.78 is 5.14. The summed E-state index contributed by atoms with van der Waals surface area (Å²) in [5.74, 6) is -0.0931. The van der Waals surface area contributed by atoms with Crippen LogP contribution in [0.15, 0.2) is 24.3 Å². The summed E-state index contributed by atoms with van der Waals surface area (Å²) in [5.41, 5.74) is 7.39. The number of benzene rings is 1. The number of nitrogens with two attached hydrogens (primary N) is 1. The molecule has 1 atom stereocenters. The first-order valence-electron chi connectivity index (χ1n) is 4.49. The minimum Gasteiger partial charge on any atom is -0.398 e. The van der Waals surface area contributed by atoms with Gasteiger partial charge in [-0.25, -0.2) is 0 Å². The van der Waals surface area contributed by atoms with Crippen molar-refractivity contribution in [2.24, 2.45) is 0 Å². The second-order valence-electron chi connectivity index (χ2n) is 3.26. The molecule has 0 aromatic heterocycles. The van der Waals surface area contributed by atoms with Gasteiger partial charge >= 0.3 is 0 Å². The highest BCUT2D eigenvalue weighted by atomic mass is 16.5. The van der Waals surface area contributed by atoms with Crippen molar-refractivity contribution in [2.75, 3.05) is 18.9 Å². The summed E-state index contributed by atoms with van der Waals surface area (Å²) in [5, 5.41) is 2.83. The third-order valence-corrected chi connectivity index (χ3v) is 2.22. The lowest BCUT2D eigenvalue weighted by Crippen LogP contribution is -2.39. The molecule has 0 saturated carbocycles. The molecule has 1 aromatic carbocycles. The highest BCUT2D eigenvalue weighted by Crippen LogP contribution is 2.21. The standard InChI is InChI=1S/C10H12N2O2/c11-8-4-2-1-3-7(8)9-5-14-6-10(13)12-9/h1-4,9H,5-6,11H2,(H,12,13)/t9-/m1/s1. The van der Waals surface area contributed by atoms with E-state index in [-0.39, 0.29) is 18.6 Å². The van der Waals surface area contributed by atoms with E-state index < -0.39 is 0 Å². The summed E-state index contributed by atoms with van der Waals surface area (Å²) >= 11 is 0. The molecule has 1 aliphatic heterocycles. The van der Waals surface area contributed by atoms with Crippen molar-refractivity contribution >= 4 is 11.6 Å². The number of nitrogens with one attached hydrogen (secondary N) is 1. The van der Waals surface area contributed by atoms with E-state index in [0.29, 0.717) is 12.3 Å². The molecule has 4 heteroatoms. The molecule has 1 amide bonds. The van der Waals surface area contributed by atoms with Gasteiger partial charge in [0.25, 0.3) is 0 Å². The Bertz CT molecular complexity index is 352. The molecule has 1 aromatic rings. The molecular weight excluding hydrogens is 180 g/mol. The number of hydrogen-bond donors (Lipinski definition) is 2. The minimum atomic E-state index is -0.113. The van der Waals surface area contributed by atoms with Gasteiger partial charge in [-0.2, -0.15) is 0 Å². The van der Waals surface area contributed by atoms with Gasteiger partial charge < -0.3 is 15.8 Å². The zero-order chi connectivity index (χ0) is 9.97. The van der Waals surface area contributed by atoms with Gasteiger partial charge in [-0.3, -0.25) is 4.79 Å². The molecule has 1 heterocycles. The van der Waals surface area contributed by atoms with Crippen molar-refractivity contribution in [3.63, 3.8) is 0 Å². The van der Waals surface area contributed by atoms with Crippen molar-refractivity contribution in [1.29, 1.82) is 0 Å². The molecule has 74 valence electrons. The van der Waals surface area contributed by atoms with Gasteiger partial charge in [0.05, 0.1) is 12.6 Å². The van der Waals surface area contributed by atoms with Crippen molar-refractivity contribution in [1.82, 2.24) is 5.32 Å². The summed E-state index contributed by atoms with van der Waals surface area (Å²) in [6.07, 6.45) is 0. The van der Waals surface area contributed by atoms with Gasteiger partial charge in [0.1, 0.15) is 6.61 Å². The number of ether oxygens (including phenoxy) is 1. The highest BCUT2D eigenvalue weighted by molar-refractivity contribution is 5.78. The number of amides is 1. The van der Waals surface area contributed by atoms with Crippen LogP contribution in [0.2, 0.25) is 0 Å². The van der Waals surface area contributed by atoms with Crippen LogP contribution in [0.25, 0.3) is 0 Å². The Labute approximate surface area is 82.1 Å². The molecular formula is C10H12N2O2. The summed E-state index contributed by atoms with van der Waals surface area (Å²) in [4.78, 5) is 11.1. The molecule has 0 bridgehead atoms. The first-order chi connectivity index (χ1) is 6.77. The van der Waals surface area contributed by atoms with Gasteiger partial charge in [-0.15, -0.1) is 0 Å². The Morgan fingerprint density at radius 2 is 2.21 bits per heavy atom. The second-order valence-corrected chi connectivity index (χ2v) is 3.26. The SMILES string of the molecule is Nc1ccccc1[C@H]1COCC(=O)N1. The van der Waals surface area contributed by atoms with Gasteiger partial charge in [-0.05, 0) is 11.6 Å². The molecule has 0 radical (unpaired) electrons. The van der Waals surface area contributed by atoms with E-state index in [1.165, 1.54) is 0 Å². The van der Waals surface area contributed by atoms with E-state index in [4.69, 9.17) is 10.5 Å². The van der Waals surface area contributed by atoms with Gasteiger partial charge in [-0.1, -0.05) is 18.2 Å². The fourth-order valence-corrected chi connectivity index (χ4v) is 1.54. The van der Waals surface area contributed by atoms with Gasteiger partial charge in [0.15, 0.2) is 0 Å². The molecule has 14 heavy (non-hydrogen) atoms. The Morgan fingerprint density at radius 1 is 1.43 bits per heavy atom. The lowest BCUT2D eigenvalue weighted by Gasteiger charge is -2.24. The van der Waals surface area contributed by atoms with Crippen molar-refractivity contribution < 1.29 is 9.53 Å². The Morgan fingerprint density at radius 3 is 2.93 bits per heavy atom. The number of anilines is 1. The van der Waals surface area contributed by atoms with E-state index in [0.717, 1.165) is 5.56 Å². The second kappa shape index (κ2) is 3.67. The van der Waals surface area contributed by atoms with E-state index in [1.807, 2.05) is 24.3 Å². The number of carbonyl (C=O) groups excluding carboxylic acids is 1. The molecule has 0 aliphatic carbocycles. The summed E-state index contributed by atoms with van der Waals surface area (Å²) in [6, 6.07) is 7.36. The first kappa shape index (κ1) is 9.02. The Kier molecular flexibility index (Phi) is 2.37. The maximum absolute atomic E-state index is 11.1. The largest absolute Gasteiger partial charge is 0.398 e. The fraction of sp³-hybridized carbons (Fsp3) is 0.300. The molecule has 1 saturated heterocycles. The predicted octanol–water partition coefficient (Wildman–Crippen LogP) is 0.456. The topological polar surface area (TPSA) is 64.3 Å². The van der Waals surface area contributed by atoms with E-state index in [9.17, 15) is 4.79 Å². The number of hydrogen-bond acceptors (Lipinski definition) is 3. The van der Waals surface area contributed by atoms with Crippen molar-refractivity contribution in [2.45, 2.75) is 6.04 Å². The van der Waals surface area contributed by atoms with Crippen LogP contribution < -0.4 is 11.1 Å². The number of para-hydroxylation sites is 1. The molecule has 4 nitrogen and oxygen atoms in total. The van der Waals surface area contributed by atoms with E-state index in [2.05, 4.69) is 5.32 Å². The molecule has 2 rings (SSSR count). The van der Waals surface area contributed by atoms with Gasteiger partial charge in [0, 0.05) is 5.69 Å². The molecule has 3 N–H and O–H groups in total. The van der Waals surface area contributed by atoms with Crippen LogP contribution >= 0.6 is 0 Å². The average Bonchev–Trinajstić information content (AvgIpc) is 2.18. The zero-order valence-corrected chi connectivity index (χ0v) is 7.69. The predicted molar refractivity (Wildman–Crippen MR) is 52.6 cm³/mol. The summed E-state index contributed by atoms with van der Waals surface area (Å²) in [7, 11) is 0. The Balaban J connectivity index is 2.22. The van der Waals surface area contributed by atoms with Crippen LogP contribution in [0.5, 0.6) is 0 Å². The quantitative estimate of drug-likeness (QED) is 0.635. The van der Waals surface area contributed by atoms with E-state index in [1.54, 1.807) is 0 Å². The van der Waals surface area contributed by atoms with E-state index >= 15 is 0 Å². The monoisotopic (exact) mass is 192 g/mol. The number of nitrogen functional groups attached to an aromatic ring is 1. The van der Waals surface area contributed by atoms with Crippen LogP contribution in [-0.2, 0) is 9.53 Å². The molecule has 1 fully saturated rings. The van der Waals surface area contributed by atoms with Gasteiger partial charge in [0.2, 0.25) is 5.91 Å². The van der Waals surface area contributed by atoms with Crippen LogP contribution in [-0.4, -0.2) is 19.1 Å². The van der Waals surface area contributed by atoms with Crippen molar-refractivity contribution in [3.8, 4) is 0 Å². The Hall–Kier alpha value is -1.55. The first-order valence-corrected chi connectivity index (χ1v) is 4.49. The summed E-state index contributed by atoms with van der Waals surface area (Å²) in [6.45, 7) is 0.628. The molecule has 0 spiro atoms. The third-order valence-electron chi connectivity index (χ3n) is 2.22. The zero-order valence-electron chi connectivity index (χ0n) is 7.69. The number of carbonyl (C=O) groups is 1. The van der Waals surface area contributed by atoms with Crippen molar-refractivity contribution in [3.05, 3.63) is 29.8 Å². The maximum atomic E-state index is 11.1. The molecule has 1 aliphatic rings. The maximum Gasteiger partial charge on any atom is 0.246 e. The number of rotatable bonds is 1.